The summed E-state index contributed by atoms with van der Waals surface area (Å²) < 4.78 is 5.32. The molecule has 1 aromatic rings. The van der Waals surface area contributed by atoms with Crippen molar-refractivity contribution in [2.24, 2.45) is 0 Å². The van der Waals surface area contributed by atoms with Gasteiger partial charge in [-0.15, -0.1) is 0 Å². The van der Waals surface area contributed by atoms with Crippen LogP contribution in [-0.2, 0) is 11.2 Å². The van der Waals surface area contributed by atoms with Crippen LogP contribution < -0.4 is 0 Å². The summed E-state index contributed by atoms with van der Waals surface area (Å²) in [5.41, 5.74) is 2.20. The molecule has 0 aromatic heterocycles. The molecule has 1 atom stereocenters. The number of hydrogen-bond donors (Lipinski definition) is 1. The molecule has 0 aliphatic heterocycles. The zero-order valence-electron chi connectivity index (χ0n) is 9.57. The first-order valence-electron chi connectivity index (χ1n) is 5.62. The molecule has 1 unspecified atom stereocenters. The van der Waals surface area contributed by atoms with Crippen molar-refractivity contribution in [3.8, 4) is 0 Å². The molecule has 84 valence electrons. The summed E-state index contributed by atoms with van der Waals surface area (Å²) in [6.45, 7) is 5.27. The fourth-order valence-corrected chi connectivity index (χ4v) is 1.46. The summed E-state index contributed by atoms with van der Waals surface area (Å²) in [5, 5.41) is 9.84. The van der Waals surface area contributed by atoms with Gasteiger partial charge in [0.1, 0.15) is 6.10 Å². The summed E-state index contributed by atoms with van der Waals surface area (Å²) in [6.07, 6.45) is 1.49. The summed E-state index contributed by atoms with van der Waals surface area (Å²) >= 11 is 0. The summed E-state index contributed by atoms with van der Waals surface area (Å²) in [4.78, 5) is 0. The first-order chi connectivity index (χ1) is 7.27. The normalized spacial score (nSPS) is 12.7. The van der Waals surface area contributed by atoms with Crippen LogP contribution in [0.3, 0.4) is 0 Å². The molecule has 1 N–H and O–H groups in total. The van der Waals surface area contributed by atoms with E-state index in [2.05, 4.69) is 19.9 Å². The van der Waals surface area contributed by atoms with Gasteiger partial charge < -0.3 is 9.84 Å². The Morgan fingerprint density at radius 2 is 2.13 bits per heavy atom. The van der Waals surface area contributed by atoms with Gasteiger partial charge >= 0.3 is 0 Å². The Hall–Kier alpha value is -0.860. The van der Waals surface area contributed by atoms with Gasteiger partial charge in [-0.25, -0.2) is 0 Å². The molecule has 2 nitrogen and oxygen atoms in total. The molecule has 1 aromatic carbocycles. The molecule has 0 fully saturated rings. The summed E-state index contributed by atoms with van der Waals surface area (Å²) in [6, 6.07) is 8.04. The highest BCUT2D eigenvalue weighted by molar-refractivity contribution is 5.25. The number of rotatable bonds is 6. The fourth-order valence-electron chi connectivity index (χ4n) is 1.46. The molecule has 0 bridgehead atoms. The minimum Gasteiger partial charge on any atom is -0.386 e. The Bertz CT molecular complexity index is 284. The van der Waals surface area contributed by atoms with Crippen LogP contribution in [0, 0.1) is 0 Å². The fraction of sp³-hybridized carbons (Fsp3) is 0.538. The van der Waals surface area contributed by atoms with Crippen LogP contribution in [0.1, 0.15) is 37.5 Å². The molecule has 0 aliphatic carbocycles. The largest absolute Gasteiger partial charge is 0.386 e. The van der Waals surface area contributed by atoms with E-state index in [1.54, 1.807) is 0 Å². The van der Waals surface area contributed by atoms with E-state index in [9.17, 15) is 5.11 Å². The first-order valence-corrected chi connectivity index (χ1v) is 5.62. The zero-order valence-corrected chi connectivity index (χ0v) is 9.57. The number of aryl methyl sites for hydroxylation is 1. The highest BCUT2D eigenvalue weighted by Gasteiger charge is 2.07. The van der Waals surface area contributed by atoms with E-state index in [0.717, 1.165) is 18.4 Å². The number of hydrogen-bond acceptors (Lipinski definition) is 2. The Labute approximate surface area is 91.9 Å². The molecule has 1 rings (SSSR count). The highest BCUT2D eigenvalue weighted by Crippen LogP contribution is 2.15. The van der Waals surface area contributed by atoms with Gasteiger partial charge in [0.05, 0.1) is 6.61 Å². The minimum atomic E-state index is -0.497. The topological polar surface area (TPSA) is 29.5 Å². The van der Waals surface area contributed by atoms with E-state index in [0.29, 0.717) is 13.2 Å². The quantitative estimate of drug-likeness (QED) is 0.728. The lowest BCUT2D eigenvalue weighted by Gasteiger charge is -2.12. The second-order valence-electron chi connectivity index (χ2n) is 3.69. The second kappa shape index (κ2) is 6.59. The van der Waals surface area contributed by atoms with Crippen molar-refractivity contribution >= 4 is 0 Å². The Balaban J connectivity index is 2.52. The number of aliphatic hydroxyl groups is 1. The third-order valence-electron chi connectivity index (χ3n) is 2.37. The first kappa shape index (κ1) is 12.2. The van der Waals surface area contributed by atoms with E-state index in [-0.39, 0.29) is 0 Å². The van der Waals surface area contributed by atoms with Gasteiger partial charge in [0, 0.05) is 6.61 Å². The third kappa shape index (κ3) is 4.02. The van der Waals surface area contributed by atoms with Crippen LogP contribution in [0.5, 0.6) is 0 Å². The van der Waals surface area contributed by atoms with Gasteiger partial charge in [-0.3, -0.25) is 0 Å². The predicted molar refractivity (Wildman–Crippen MR) is 61.9 cm³/mol. The van der Waals surface area contributed by atoms with Crippen molar-refractivity contribution in [1.82, 2.24) is 0 Å². The van der Waals surface area contributed by atoms with Crippen molar-refractivity contribution in [1.29, 1.82) is 0 Å². The molecule has 15 heavy (non-hydrogen) atoms. The highest BCUT2D eigenvalue weighted by atomic mass is 16.5. The second-order valence-corrected chi connectivity index (χ2v) is 3.69. The van der Waals surface area contributed by atoms with Crippen LogP contribution in [-0.4, -0.2) is 18.3 Å². The molecule has 0 aliphatic rings. The average Bonchev–Trinajstić information content (AvgIpc) is 2.29. The third-order valence-corrected chi connectivity index (χ3v) is 2.37. The van der Waals surface area contributed by atoms with Gasteiger partial charge in [0.2, 0.25) is 0 Å². The van der Waals surface area contributed by atoms with Gasteiger partial charge in [0.25, 0.3) is 0 Å². The lowest BCUT2D eigenvalue weighted by atomic mass is 10.1. The van der Waals surface area contributed by atoms with E-state index >= 15 is 0 Å². The van der Waals surface area contributed by atoms with Gasteiger partial charge in [0.15, 0.2) is 0 Å². The number of ether oxygens (including phenoxy) is 1. The Morgan fingerprint density at radius 1 is 1.33 bits per heavy atom. The molecule has 0 heterocycles. The predicted octanol–water partition coefficient (Wildman–Crippen LogP) is 2.71. The standard InChI is InChI=1S/C13H20O2/c1-3-8-15-10-13(14)12-7-5-6-11(4-2)9-12/h5-7,9,13-14H,3-4,8,10H2,1-2H3. The monoisotopic (exact) mass is 208 g/mol. The Kier molecular flexibility index (Phi) is 5.37. The minimum absolute atomic E-state index is 0.390. The molecule has 2 heteroatoms. The van der Waals surface area contributed by atoms with Crippen LogP contribution in [0.4, 0.5) is 0 Å². The Morgan fingerprint density at radius 3 is 2.80 bits per heavy atom. The molecular weight excluding hydrogens is 188 g/mol. The molecule has 0 saturated heterocycles. The van der Waals surface area contributed by atoms with Crippen LogP contribution in [0.15, 0.2) is 24.3 Å². The molecular formula is C13H20O2. The van der Waals surface area contributed by atoms with Gasteiger partial charge in [-0.1, -0.05) is 38.1 Å². The zero-order chi connectivity index (χ0) is 11.1. The van der Waals surface area contributed by atoms with E-state index in [4.69, 9.17) is 4.74 Å². The van der Waals surface area contributed by atoms with Crippen molar-refractivity contribution in [3.05, 3.63) is 35.4 Å². The lowest BCUT2D eigenvalue weighted by Crippen LogP contribution is -2.08. The SMILES string of the molecule is CCCOCC(O)c1cccc(CC)c1. The maximum Gasteiger partial charge on any atom is 0.102 e. The maximum atomic E-state index is 9.84. The van der Waals surface area contributed by atoms with Crippen LogP contribution in [0.25, 0.3) is 0 Å². The average molecular weight is 208 g/mol. The van der Waals surface area contributed by atoms with Crippen molar-refractivity contribution in [2.75, 3.05) is 13.2 Å². The number of benzene rings is 1. The molecule has 0 saturated carbocycles. The van der Waals surface area contributed by atoms with Crippen molar-refractivity contribution < 1.29 is 9.84 Å². The van der Waals surface area contributed by atoms with E-state index in [1.807, 2.05) is 18.2 Å². The van der Waals surface area contributed by atoms with E-state index in [1.165, 1.54) is 5.56 Å². The van der Waals surface area contributed by atoms with Crippen molar-refractivity contribution in [2.45, 2.75) is 32.8 Å². The smallest absolute Gasteiger partial charge is 0.102 e. The van der Waals surface area contributed by atoms with E-state index < -0.39 is 6.10 Å². The summed E-state index contributed by atoms with van der Waals surface area (Å²) in [7, 11) is 0. The van der Waals surface area contributed by atoms with Crippen LogP contribution >= 0.6 is 0 Å². The van der Waals surface area contributed by atoms with Gasteiger partial charge in [-0.2, -0.15) is 0 Å². The van der Waals surface area contributed by atoms with Gasteiger partial charge in [-0.05, 0) is 24.0 Å². The maximum absolute atomic E-state index is 9.84. The lowest BCUT2D eigenvalue weighted by molar-refractivity contribution is 0.0363. The molecule has 0 spiro atoms. The molecule has 0 amide bonds. The summed E-state index contributed by atoms with van der Waals surface area (Å²) in [5.74, 6) is 0. The van der Waals surface area contributed by atoms with Crippen molar-refractivity contribution in [3.63, 3.8) is 0 Å². The molecule has 0 radical (unpaired) electrons. The number of aliphatic hydroxyl groups excluding tert-OH is 1. The van der Waals surface area contributed by atoms with Crippen LogP contribution in [0.2, 0.25) is 0 Å².